The molecular weight excluding hydrogens is 420 g/mol. The number of nitrogens with zero attached hydrogens (tertiary/aromatic N) is 4. The fourth-order valence-corrected chi connectivity index (χ4v) is 3.90. The van der Waals surface area contributed by atoms with E-state index in [1.165, 1.54) is 25.3 Å². The average Bonchev–Trinajstić information content (AvgIpc) is 2.99. The number of benzene rings is 1. The normalized spacial score (nSPS) is 12.0. The molecule has 2 aromatic rings. The van der Waals surface area contributed by atoms with Gasteiger partial charge in [0.15, 0.2) is 0 Å². The molecule has 0 aliphatic carbocycles. The standard InChI is InChI=1S/C17H18N4O6S2/c1-5-27-15(22)13-10(2)20(3)17(29-13)19-18-14(16(23)26-4)28-12-9-7-6-8-11(12)21(24)25/h6-9H,5H2,1-4H3. The minimum Gasteiger partial charge on any atom is -0.464 e. The number of hydrogen-bond acceptors (Lipinski definition) is 10. The minimum atomic E-state index is -0.793. The molecule has 0 radical (unpaired) electrons. The van der Waals surface area contributed by atoms with Gasteiger partial charge in [-0.3, -0.25) is 10.1 Å². The number of esters is 2. The van der Waals surface area contributed by atoms with Gasteiger partial charge in [0, 0.05) is 18.8 Å². The lowest BCUT2D eigenvalue weighted by Crippen LogP contribution is -2.14. The number of rotatable bonds is 5. The second-order valence-corrected chi connectivity index (χ2v) is 7.41. The highest BCUT2D eigenvalue weighted by Crippen LogP contribution is 2.30. The van der Waals surface area contributed by atoms with Crippen LogP contribution in [0, 0.1) is 17.0 Å². The van der Waals surface area contributed by atoms with Crippen molar-refractivity contribution in [3.8, 4) is 0 Å². The number of para-hydroxylation sites is 1. The fraction of sp³-hybridized carbons (Fsp3) is 0.294. The molecule has 10 nitrogen and oxygen atoms in total. The van der Waals surface area contributed by atoms with Crippen molar-refractivity contribution in [1.82, 2.24) is 4.57 Å². The van der Waals surface area contributed by atoms with E-state index in [2.05, 4.69) is 10.2 Å². The second kappa shape index (κ2) is 9.98. The number of nitro groups is 1. The Kier molecular flexibility index (Phi) is 7.67. The summed E-state index contributed by atoms with van der Waals surface area (Å²) in [5.41, 5.74) is 0.463. The summed E-state index contributed by atoms with van der Waals surface area (Å²) in [6.45, 7) is 3.68. The van der Waals surface area contributed by atoms with Crippen LogP contribution in [0.25, 0.3) is 0 Å². The van der Waals surface area contributed by atoms with Gasteiger partial charge in [0.1, 0.15) is 4.88 Å². The SMILES string of the molecule is CCOC(=O)c1sc(=NN=C(Sc2ccccc2[N+](=O)[O-])C(=O)OC)n(C)c1C. The van der Waals surface area contributed by atoms with E-state index in [4.69, 9.17) is 9.47 Å². The minimum absolute atomic E-state index is 0.170. The highest BCUT2D eigenvalue weighted by atomic mass is 32.2. The van der Waals surface area contributed by atoms with E-state index < -0.39 is 16.9 Å². The van der Waals surface area contributed by atoms with Crippen LogP contribution >= 0.6 is 23.1 Å². The molecule has 0 amide bonds. The van der Waals surface area contributed by atoms with Gasteiger partial charge in [-0.05, 0) is 19.9 Å². The van der Waals surface area contributed by atoms with Crippen LogP contribution in [0.4, 0.5) is 5.69 Å². The van der Waals surface area contributed by atoms with E-state index in [-0.39, 0.29) is 22.2 Å². The number of carbonyl (C=O) groups excluding carboxylic acids is 2. The van der Waals surface area contributed by atoms with Crippen LogP contribution in [-0.2, 0) is 21.3 Å². The fourth-order valence-electron chi connectivity index (χ4n) is 2.08. The van der Waals surface area contributed by atoms with E-state index in [9.17, 15) is 19.7 Å². The van der Waals surface area contributed by atoms with Crippen molar-refractivity contribution in [2.24, 2.45) is 17.3 Å². The molecule has 0 saturated heterocycles. The Bertz CT molecular complexity index is 1040. The van der Waals surface area contributed by atoms with Crippen molar-refractivity contribution < 1.29 is 24.0 Å². The zero-order chi connectivity index (χ0) is 21.6. The maximum atomic E-state index is 12.1. The molecule has 0 spiro atoms. The highest BCUT2D eigenvalue weighted by Gasteiger charge is 2.21. The molecule has 0 aliphatic rings. The Morgan fingerprint density at radius 1 is 1.34 bits per heavy atom. The number of aromatic nitrogens is 1. The van der Waals surface area contributed by atoms with Crippen LogP contribution in [0.3, 0.4) is 0 Å². The van der Waals surface area contributed by atoms with Gasteiger partial charge in [0.25, 0.3) is 5.69 Å². The van der Waals surface area contributed by atoms with Crippen LogP contribution in [0.15, 0.2) is 39.4 Å². The van der Waals surface area contributed by atoms with Crippen molar-refractivity contribution in [3.63, 3.8) is 0 Å². The number of ether oxygens (including phenoxy) is 2. The Labute approximate surface area is 174 Å². The number of carbonyl (C=O) groups is 2. The zero-order valence-corrected chi connectivity index (χ0v) is 17.7. The first kappa shape index (κ1) is 22.3. The van der Waals surface area contributed by atoms with E-state index in [1.807, 2.05) is 0 Å². The first-order valence-corrected chi connectivity index (χ1v) is 9.88. The summed E-state index contributed by atoms with van der Waals surface area (Å²) in [7, 11) is 2.86. The number of nitro benzene ring substituents is 1. The lowest BCUT2D eigenvalue weighted by Gasteiger charge is -2.03. The Balaban J connectivity index is 2.48. The van der Waals surface area contributed by atoms with Gasteiger partial charge >= 0.3 is 11.9 Å². The summed E-state index contributed by atoms with van der Waals surface area (Å²) in [5, 5.41) is 19.0. The first-order valence-electron chi connectivity index (χ1n) is 8.24. The van der Waals surface area contributed by atoms with E-state index in [1.54, 1.807) is 31.5 Å². The lowest BCUT2D eigenvalue weighted by atomic mass is 10.3. The Hall–Kier alpha value is -2.99. The molecule has 0 atom stereocenters. The highest BCUT2D eigenvalue weighted by molar-refractivity contribution is 8.15. The number of thioether (sulfide) groups is 1. The van der Waals surface area contributed by atoms with Crippen molar-refractivity contribution in [3.05, 3.63) is 49.8 Å². The van der Waals surface area contributed by atoms with E-state index in [0.717, 1.165) is 23.1 Å². The summed E-state index contributed by atoms with van der Waals surface area (Å²) in [5.74, 6) is -1.27. The van der Waals surface area contributed by atoms with Gasteiger partial charge in [0.2, 0.25) is 9.85 Å². The maximum absolute atomic E-state index is 12.1. The van der Waals surface area contributed by atoms with Gasteiger partial charge in [-0.25, -0.2) is 9.59 Å². The van der Waals surface area contributed by atoms with Crippen LogP contribution in [0.2, 0.25) is 0 Å². The Morgan fingerprint density at radius 3 is 2.66 bits per heavy atom. The largest absolute Gasteiger partial charge is 0.464 e. The molecule has 0 aliphatic heterocycles. The van der Waals surface area contributed by atoms with Crippen LogP contribution < -0.4 is 4.80 Å². The lowest BCUT2D eigenvalue weighted by molar-refractivity contribution is -0.387. The summed E-state index contributed by atoms with van der Waals surface area (Å²) in [6.07, 6.45) is 0. The molecule has 0 N–H and O–H groups in total. The summed E-state index contributed by atoms with van der Waals surface area (Å²) >= 11 is 1.83. The molecule has 1 aromatic carbocycles. The predicted molar refractivity (Wildman–Crippen MR) is 108 cm³/mol. The molecule has 0 saturated carbocycles. The third kappa shape index (κ3) is 5.29. The summed E-state index contributed by atoms with van der Waals surface area (Å²) in [6, 6.07) is 5.94. The zero-order valence-electron chi connectivity index (χ0n) is 16.1. The van der Waals surface area contributed by atoms with Crippen molar-refractivity contribution in [2.75, 3.05) is 13.7 Å². The quantitative estimate of drug-likeness (QED) is 0.175. The van der Waals surface area contributed by atoms with Gasteiger partial charge < -0.3 is 14.0 Å². The van der Waals surface area contributed by atoms with E-state index in [0.29, 0.717) is 15.4 Å². The van der Waals surface area contributed by atoms with Crippen molar-refractivity contribution in [1.29, 1.82) is 0 Å². The van der Waals surface area contributed by atoms with Gasteiger partial charge in [0.05, 0.1) is 23.5 Å². The van der Waals surface area contributed by atoms with Crippen LogP contribution in [0.1, 0.15) is 22.3 Å². The van der Waals surface area contributed by atoms with Crippen LogP contribution in [0.5, 0.6) is 0 Å². The third-order valence-electron chi connectivity index (χ3n) is 3.63. The molecule has 0 unspecified atom stereocenters. The molecule has 0 fully saturated rings. The number of hydrogen-bond donors (Lipinski definition) is 0. The molecule has 1 aromatic heterocycles. The number of thiazole rings is 1. The maximum Gasteiger partial charge on any atom is 0.365 e. The van der Waals surface area contributed by atoms with Crippen LogP contribution in [-0.4, -0.2) is 40.2 Å². The summed E-state index contributed by atoms with van der Waals surface area (Å²) < 4.78 is 11.3. The van der Waals surface area contributed by atoms with Crippen molar-refractivity contribution >= 4 is 45.8 Å². The predicted octanol–water partition coefficient (Wildman–Crippen LogP) is 2.66. The Morgan fingerprint density at radius 2 is 2.03 bits per heavy atom. The molecule has 0 bridgehead atoms. The topological polar surface area (TPSA) is 125 Å². The van der Waals surface area contributed by atoms with Crippen molar-refractivity contribution in [2.45, 2.75) is 18.7 Å². The van der Waals surface area contributed by atoms with Gasteiger partial charge in [-0.1, -0.05) is 35.2 Å². The number of methoxy groups -OCH3 is 1. The first-order chi connectivity index (χ1) is 13.8. The summed E-state index contributed by atoms with van der Waals surface area (Å²) in [4.78, 5) is 35.7. The monoisotopic (exact) mass is 438 g/mol. The molecule has 12 heteroatoms. The average molecular weight is 438 g/mol. The second-order valence-electron chi connectivity index (χ2n) is 5.40. The third-order valence-corrected chi connectivity index (χ3v) is 5.84. The molecule has 2 rings (SSSR count). The van der Waals surface area contributed by atoms with E-state index >= 15 is 0 Å². The van der Waals surface area contributed by atoms with Gasteiger partial charge in [-0.2, -0.15) is 0 Å². The molecule has 1 heterocycles. The smallest absolute Gasteiger partial charge is 0.365 e. The van der Waals surface area contributed by atoms with Gasteiger partial charge in [-0.15, -0.1) is 10.2 Å². The molecular formula is C17H18N4O6S2. The molecule has 29 heavy (non-hydrogen) atoms. The molecule has 154 valence electrons.